The molecule has 22 heavy (non-hydrogen) atoms. The smallest absolute Gasteiger partial charge is 0.316 e. The Morgan fingerprint density at radius 2 is 2.18 bits per heavy atom. The van der Waals surface area contributed by atoms with E-state index in [0.717, 1.165) is 23.9 Å². The SMILES string of the molecule is Cc1nnc(SCC(=O)OC(C)(C)C)n1CCc1cccs1. The summed E-state index contributed by atoms with van der Waals surface area (Å²) >= 11 is 3.12. The Morgan fingerprint density at radius 3 is 2.82 bits per heavy atom. The van der Waals surface area contributed by atoms with Crippen molar-refractivity contribution in [3.05, 3.63) is 28.2 Å². The van der Waals surface area contributed by atoms with E-state index in [0.29, 0.717) is 0 Å². The molecule has 0 aliphatic carbocycles. The van der Waals surface area contributed by atoms with Crippen LogP contribution >= 0.6 is 23.1 Å². The second-order valence-corrected chi connectivity index (χ2v) is 7.86. The summed E-state index contributed by atoms with van der Waals surface area (Å²) < 4.78 is 7.36. The zero-order chi connectivity index (χ0) is 16.2. The van der Waals surface area contributed by atoms with Crippen LogP contribution in [0, 0.1) is 6.92 Å². The van der Waals surface area contributed by atoms with Crippen LogP contribution in [0.1, 0.15) is 31.5 Å². The van der Waals surface area contributed by atoms with Gasteiger partial charge in [0, 0.05) is 11.4 Å². The van der Waals surface area contributed by atoms with Crippen LogP contribution in [0.3, 0.4) is 0 Å². The van der Waals surface area contributed by atoms with Crippen molar-refractivity contribution in [1.29, 1.82) is 0 Å². The molecule has 2 aromatic heterocycles. The number of carbonyl (C=O) groups excluding carboxylic acids is 1. The molecule has 0 aliphatic rings. The molecule has 0 saturated carbocycles. The van der Waals surface area contributed by atoms with E-state index in [-0.39, 0.29) is 11.7 Å². The zero-order valence-electron chi connectivity index (χ0n) is 13.3. The fourth-order valence-corrected chi connectivity index (χ4v) is 3.38. The Balaban J connectivity index is 1.93. The molecule has 5 nitrogen and oxygen atoms in total. The lowest BCUT2D eigenvalue weighted by molar-refractivity contribution is -0.151. The maximum Gasteiger partial charge on any atom is 0.316 e. The van der Waals surface area contributed by atoms with Gasteiger partial charge in [-0.2, -0.15) is 0 Å². The molecule has 0 aliphatic heterocycles. The van der Waals surface area contributed by atoms with Crippen LogP contribution in [0.15, 0.2) is 22.7 Å². The number of aromatic nitrogens is 3. The topological polar surface area (TPSA) is 57.0 Å². The van der Waals surface area contributed by atoms with Crippen LogP contribution in [0.2, 0.25) is 0 Å². The van der Waals surface area contributed by atoms with Gasteiger partial charge in [-0.25, -0.2) is 0 Å². The van der Waals surface area contributed by atoms with Crippen LogP contribution in [-0.2, 0) is 22.5 Å². The molecule has 2 rings (SSSR count). The van der Waals surface area contributed by atoms with E-state index >= 15 is 0 Å². The molecule has 0 aromatic carbocycles. The summed E-state index contributed by atoms with van der Waals surface area (Å²) in [4.78, 5) is 13.1. The van der Waals surface area contributed by atoms with Crippen molar-refractivity contribution in [2.24, 2.45) is 0 Å². The predicted molar refractivity (Wildman–Crippen MR) is 89.4 cm³/mol. The molecule has 2 aromatic rings. The third kappa shape index (κ3) is 5.14. The van der Waals surface area contributed by atoms with E-state index in [1.807, 2.05) is 27.7 Å². The monoisotopic (exact) mass is 339 g/mol. The lowest BCUT2D eigenvalue weighted by Crippen LogP contribution is -2.25. The van der Waals surface area contributed by atoms with Gasteiger partial charge in [0.15, 0.2) is 5.16 Å². The van der Waals surface area contributed by atoms with Crippen LogP contribution in [0.5, 0.6) is 0 Å². The fraction of sp³-hybridized carbons (Fsp3) is 0.533. The van der Waals surface area contributed by atoms with Crippen molar-refractivity contribution in [3.8, 4) is 0 Å². The summed E-state index contributed by atoms with van der Waals surface area (Å²) in [5.74, 6) is 0.875. The van der Waals surface area contributed by atoms with Gasteiger partial charge < -0.3 is 9.30 Å². The molecule has 0 fully saturated rings. The van der Waals surface area contributed by atoms with Crippen molar-refractivity contribution in [1.82, 2.24) is 14.8 Å². The van der Waals surface area contributed by atoms with Crippen molar-refractivity contribution < 1.29 is 9.53 Å². The first-order valence-electron chi connectivity index (χ1n) is 7.12. The van der Waals surface area contributed by atoms with Crippen molar-refractivity contribution in [2.75, 3.05) is 5.75 Å². The number of esters is 1. The predicted octanol–water partition coefficient (Wildman–Crippen LogP) is 3.32. The number of aryl methyl sites for hydroxylation is 2. The second-order valence-electron chi connectivity index (χ2n) is 5.89. The first-order chi connectivity index (χ1) is 10.3. The van der Waals surface area contributed by atoms with Crippen LogP contribution in [0.25, 0.3) is 0 Å². The number of ether oxygens (including phenoxy) is 1. The molecule has 0 radical (unpaired) electrons. The van der Waals surface area contributed by atoms with E-state index in [2.05, 4.69) is 32.3 Å². The molecule has 0 spiro atoms. The van der Waals surface area contributed by atoms with Gasteiger partial charge in [-0.15, -0.1) is 21.5 Å². The van der Waals surface area contributed by atoms with Gasteiger partial charge in [0.25, 0.3) is 0 Å². The largest absolute Gasteiger partial charge is 0.459 e. The van der Waals surface area contributed by atoms with Gasteiger partial charge in [0.05, 0.1) is 5.75 Å². The highest BCUT2D eigenvalue weighted by atomic mass is 32.2. The summed E-state index contributed by atoms with van der Waals surface area (Å²) in [6.45, 7) is 8.34. The van der Waals surface area contributed by atoms with E-state index in [1.165, 1.54) is 16.6 Å². The van der Waals surface area contributed by atoms with Crippen LogP contribution < -0.4 is 0 Å². The number of hydrogen-bond acceptors (Lipinski definition) is 6. The summed E-state index contributed by atoms with van der Waals surface area (Å²) in [5.41, 5.74) is -0.458. The average molecular weight is 339 g/mol. The first-order valence-corrected chi connectivity index (χ1v) is 8.98. The molecule has 0 saturated heterocycles. The molecule has 0 amide bonds. The summed E-state index contributed by atoms with van der Waals surface area (Å²) in [7, 11) is 0. The molecule has 0 atom stereocenters. The maximum absolute atomic E-state index is 11.8. The summed E-state index contributed by atoms with van der Waals surface area (Å²) in [6.07, 6.45) is 0.941. The average Bonchev–Trinajstić information content (AvgIpc) is 3.02. The minimum atomic E-state index is -0.458. The molecule has 0 bridgehead atoms. The normalized spacial score (nSPS) is 11.6. The molecule has 7 heteroatoms. The third-order valence-electron chi connectivity index (χ3n) is 2.80. The number of thioether (sulfide) groups is 1. The molecule has 0 N–H and O–H groups in total. The number of rotatable bonds is 6. The van der Waals surface area contributed by atoms with E-state index in [9.17, 15) is 4.79 Å². The van der Waals surface area contributed by atoms with Crippen LogP contribution in [0.4, 0.5) is 0 Å². The minimum absolute atomic E-state index is 0.233. The molecule has 2 heterocycles. The molecule has 0 unspecified atom stereocenters. The highest BCUT2D eigenvalue weighted by molar-refractivity contribution is 7.99. The van der Waals surface area contributed by atoms with Gasteiger partial charge >= 0.3 is 5.97 Å². The highest BCUT2D eigenvalue weighted by Gasteiger charge is 2.18. The molecular weight excluding hydrogens is 318 g/mol. The number of carbonyl (C=O) groups is 1. The van der Waals surface area contributed by atoms with Gasteiger partial charge in [-0.3, -0.25) is 4.79 Å². The zero-order valence-corrected chi connectivity index (χ0v) is 15.0. The fourth-order valence-electron chi connectivity index (χ4n) is 1.90. The van der Waals surface area contributed by atoms with Gasteiger partial charge in [0.2, 0.25) is 0 Å². The Morgan fingerprint density at radius 1 is 1.41 bits per heavy atom. The Labute approximate surface area is 139 Å². The summed E-state index contributed by atoms with van der Waals surface area (Å²) in [5, 5.41) is 11.1. The molecular formula is C15H21N3O2S2. The molecule has 120 valence electrons. The Kier molecular flexibility index (Phi) is 5.63. The van der Waals surface area contributed by atoms with Crippen LogP contribution in [-0.4, -0.2) is 32.1 Å². The van der Waals surface area contributed by atoms with Crippen molar-refractivity contribution >= 4 is 29.1 Å². The second kappa shape index (κ2) is 7.28. The first kappa shape index (κ1) is 17.0. The van der Waals surface area contributed by atoms with Crippen molar-refractivity contribution in [2.45, 2.75) is 51.4 Å². The highest BCUT2D eigenvalue weighted by Crippen LogP contribution is 2.20. The van der Waals surface area contributed by atoms with Crippen molar-refractivity contribution in [3.63, 3.8) is 0 Å². The third-order valence-corrected chi connectivity index (χ3v) is 4.68. The van der Waals surface area contributed by atoms with E-state index < -0.39 is 5.60 Å². The van der Waals surface area contributed by atoms with Gasteiger partial charge in [-0.05, 0) is 45.6 Å². The minimum Gasteiger partial charge on any atom is -0.459 e. The standard InChI is InChI=1S/C15H21N3O2S2/c1-11-16-17-14(22-10-13(19)20-15(2,3)4)18(11)8-7-12-6-5-9-21-12/h5-6,9H,7-8,10H2,1-4H3. The van der Waals surface area contributed by atoms with Gasteiger partial charge in [-0.1, -0.05) is 17.8 Å². The quantitative estimate of drug-likeness (QED) is 0.597. The number of hydrogen-bond donors (Lipinski definition) is 0. The maximum atomic E-state index is 11.8. The van der Waals surface area contributed by atoms with Gasteiger partial charge in [0.1, 0.15) is 11.4 Å². The lowest BCUT2D eigenvalue weighted by Gasteiger charge is -2.19. The number of nitrogens with zero attached hydrogens (tertiary/aromatic N) is 3. The van der Waals surface area contributed by atoms with E-state index in [4.69, 9.17) is 4.74 Å². The summed E-state index contributed by atoms with van der Waals surface area (Å²) in [6, 6.07) is 4.18. The Bertz CT molecular complexity index is 615. The Hall–Kier alpha value is -1.34. The lowest BCUT2D eigenvalue weighted by atomic mass is 10.2. The number of thiophene rings is 1. The van der Waals surface area contributed by atoms with E-state index in [1.54, 1.807) is 11.3 Å².